The molecule has 0 atom stereocenters. The Kier molecular flexibility index (Phi) is 6.26. The molecule has 0 fully saturated rings. The number of methoxy groups -OCH3 is 1. The van der Waals surface area contributed by atoms with Gasteiger partial charge in [0.15, 0.2) is 0 Å². The fraction of sp³-hybridized carbons (Fsp3) is 0.500. The molecule has 1 rings (SSSR count). The molecule has 1 aromatic carbocycles. The molecule has 0 saturated carbocycles. The molecule has 0 aliphatic carbocycles. The standard InChI is InChI=1S/C14H21ClN2O3/c1-14(2,16)9-17-13(18)11-8-10(15)4-5-12(11)20-7-6-19-3/h4-5,8H,6-7,9,16H2,1-3H3,(H,17,18). The molecule has 3 N–H and O–H groups in total. The molecule has 5 nitrogen and oxygen atoms in total. The fourth-order valence-electron chi connectivity index (χ4n) is 1.44. The van der Waals surface area contributed by atoms with Crippen molar-refractivity contribution in [2.24, 2.45) is 5.73 Å². The van der Waals surface area contributed by atoms with Gasteiger partial charge in [0.05, 0.1) is 12.2 Å². The van der Waals surface area contributed by atoms with Gasteiger partial charge in [-0.3, -0.25) is 4.79 Å². The van der Waals surface area contributed by atoms with E-state index in [1.54, 1.807) is 25.3 Å². The Morgan fingerprint density at radius 2 is 2.10 bits per heavy atom. The molecule has 1 amide bonds. The Bertz CT molecular complexity index is 458. The Balaban J connectivity index is 2.80. The molecule has 0 saturated heterocycles. The molecule has 0 radical (unpaired) electrons. The van der Waals surface area contributed by atoms with Crippen molar-refractivity contribution in [3.05, 3.63) is 28.8 Å². The molecule has 0 aromatic heterocycles. The third-order valence-corrected chi connectivity index (χ3v) is 2.67. The second kappa shape index (κ2) is 7.47. The van der Waals surface area contributed by atoms with Crippen LogP contribution in [0.3, 0.4) is 0 Å². The van der Waals surface area contributed by atoms with Crippen LogP contribution in [0.5, 0.6) is 5.75 Å². The summed E-state index contributed by atoms with van der Waals surface area (Å²) in [4.78, 5) is 12.2. The summed E-state index contributed by atoms with van der Waals surface area (Å²) in [6, 6.07) is 4.91. The first-order valence-corrected chi connectivity index (χ1v) is 6.69. The van der Waals surface area contributed by atoms with Gasteiger partial charge in [0.1, 0.15) is 12.4 Å². The van der Waals surface area contributed by atoms with E-state index in [9.17, 15) is 4.79 Å². The maximum absolute atomic E-state index is 12.2. The van der Waals surface area contributed by atoms with Crippen molar-refractivity contribution in [3.8, 4) is 5.75 Å². The third-order valence-electron chi connectivity index (χ3n) is 2.44. The summed E-state index contributed by atoms with van der Waals surface area (Å²) in [6.45, 7) is 4.83. The van der Waals surface area contributed by atoms with E-state index in [0.29, 0.717) is 36.1 Å². The molecular formula is C14H21ClN2O3. The molecule has 0 heterocycles. The van der Waals surface area contributed by atoms with Crippen molar-refractivity contribution >= 4 is 17.5 Å². The van der Waals surface area contributed by atoms with E-state index in [1.165, 1.54) is 0 Å². The number of hydrogen-bond acceptors (Lipinski definition) is 4. The van der Waals surface area contributed by atoms with Crippen LogP contribution in [0.1, 0.15) is 24.2 Å². The summed E-state index contributed by atoms with van der Waals surface area (Å²) in [5.41, 5.74) is 5.75. The van der Waals surface area contributed by atoms with Crippen LogP contribution in [0.15, 0.2) is 18.2 Å². The Labute approximate surface area is 124 Å². The molecule has 20 heavy (non-hydrogen) atoms. The number of carbonyl (C=O) groups excluding carboxylic acids is 1. The highest BCUT2D eigenvalue weighted by Gasteiger charge is 2.17. The lowest BCUT2D eigenvalue weighted by atomic mass is 10.1. The summed E-state index contributed by atoms with van der Waals surface area (Å²) >= 11 is 5.93. The highest BCUT2D eigenvalue weighted by Crippen LogP contribution is 2.23. The highest BCUT2D eigenvalue weighted by molar-refractivity contribution is 6.31. The summed E-state index contributed by atoms with van der Waals surface area (Å²) in [6.07, 6.45) is 0. The number of nitrogens with two attached hydrogens (primary N) is 1. The van der Waals surface area contributed by atoms with Crippen molar-refractivity contribution in [1.82, 2.24) is 5.32 Å². The van der Waals surface area contributed by atoms with E-state index in [-0.39, 0.29) is 5.91 Å². The predicted molar refractivity (Wildman–Crippen MR) is 79.4 cm³/mol. The Hall–Kier alpha value is -1.30. The minimum atomic E-state index is -0.481. The van der Waals surface area contributed by atoms with Crippen molar-refractivity contribution in [2.45, 2.75) is 19.4 Å². The number of rotatable bonds is 7. The average Bonchev–Trinajstić information content (AvgIpc) is 2.37. The minimum Gasteiger partial charge on any atom is -0.490 e. The quantitative estimate of drug-likeness (QED) is 0.754. The SMILES string of the molecule is COCCOc1ccc(Cl)cc1C(=O)NCC(C)(C)N. The van der Waals surface area contributed by atoms with Crippen LogP contribution in [0.25, 0.3) is 0 Å². The molecule has 0 bridgehead atoms. The van der Waals surface area contributed by atoms with Gasteiger partial charge in [0, 0.05) is 24.2 Å². The number of amides is 1. The average molecular weight is 301 g/mol. The van der Waals surface area contributed by atoms with E-state index >= 15 is 0 Å². The van der Waals surface area contributed by atoms with Crippen LogP contribution in [-0.2, 0) is 4.74 Å². The van der Waals surface area contributed by atoms with Gasteiger partial charge in [0.25, 0.3) is 5.91 Å². The lowest BCUT2D eigenvalue weighted by Gasteiger charge is -2.19. The van der Waals surface area contributed by atoms with E-state index in [1.807, 2.05) is 13.8 Å². The van der Waals surface area contributed by atoms with Crippen LogP contribution in [0, 0.1) is 0 Å². The summed E-state index contributed by atoms with van der Waals surface area (Å²) in [5, 5.41) is 3.24. The number of halogens is 1. The van der Waals surface area contributed by atoms with Gasteiger partial charge in [-0.25, -0.2) is 0 Å². The van der Waals surface area contributed by atoms with E-state index in [2.05, 4.69) is 5.32 Å². The zero-order valence-corrected chi connectivity index (χ0v) is 12.8. The van der Waals surface area contributed by atoms with Gasteiger partial charge >= 0.3 is 0 Å². The van der Waals surface area contributed by atoms with E-state index < -0.39 is 5.54 Å². The Morgan fingerprint density at radius 1 is 1.40 bits per heavy atom. The smallest absolute Gasteiger partial charge is 0.255 e. The number of nitrogens with one attached hydrogen (secondary N) is 1. The molecule has 112 valence electrons. The number of carbonyl (C=O) groups is 1. The van der Waals surface area contributed by atoms with Gasteiger partial charge in [-0.1, -0.05) is 11.6 Å². The summed E-state index contributed by atoms with van der Waals surface area (Å²) < 4.78 is 10.4. The van der Waals surface area contributed by atoms with Crippen molar-refractivity contribution in [1.29, 1.82) is 0 Å². The third kappa shape index (κ3) is 5.77. The molecule has 0 aliphatic heterocycles. The van der Waals surface area contributed by atoms with E-state index in [0.717, 1.165) is 0 Å². The van der Waals surface area contributed by atoms with Crippen LogP contribution < -0.4 is 15.8 Å². The number of hydrogen-bond donors (Lipinski definition) is 2. The van der Waals surface area contributed by atoms with Gasteiger partial charge in [-0.05, 0) is 32.0 Å². The first kappa shape index (κ1) is 16.8. The minimum absolute atomic E-state index is 0.265. The number of ether oxygens (including phenoxy) is 2. The van der Waals surface area contributed by atoms with Crippen LogP contribution in [-0.4, -0.2) is 38.3 Å². The van der Waals surface area contributed by atoms with Gasteiger partial charge in [0.2, 0.25) is 0 Å². The van der Waals surface area contributed by atoms with Crippen molar-refractivity contribution in [3.63, 3.8) is 0 Å². The zero-order valence-electron chi connectivity index (χ0n) is 12.0. The first-order valence-electron chi connectivity index (χ1n) is 6.32. The van der Waals surface area contributed by atoms with E-state index in [4.69, 9.17) is 26.8 Å². The molecule has 0 unspecified atom stereocenters. The summed E-state index contributed by atoms with van der Waals surface area (Å²) in [7, 11) is 1.59. The fourth-order valence-corrected chi connectivity index (χ4v) is 1.62. The molecule has 1 aromatic rings. The lowest BCUT2D eigenvalue weighted by Crippen LogP contribution is -2.45. The van der Waals surface area contributed by atoms with Gasteiger partial charge in [-0.15, -0.1) is 0 Å². The van der Waals surface area contributed by atoms with Crippen LogP contribution >= 0.6 is 11.6 Å². The predicted octanol–water partition coefficient (Wildman–Crippen LogP) is 1.83. The maximum Gasteiger partial charge on any atom is 0.255 e. The second-order valence-electron chi connectivity index (χ2n) is 5.15. The normalized spacial score (nSPS) is 11.2. The molecular weight excluding hydrogens is 280 g/mol. The largest absolute Gasteiger partial charge is 0.490 e. The molecule has 0 aliphatic rings. The summed E-state index contributed by atoms with van der Waals surface area (Å²) in [5.74, 6) is 0.206. The van der Waals surface area contributed by atoms with Crippen LogP contribution in [0.2, 0.25) is 5.02 Å². The topological polar surface area (TPSA) is 73.6 Å². The highest BCUT2D eigenvalue weighted by atomic mass is 35.5. The lowest BCUT2D eigenvalue weighted by molar-refractivity contribution is 0.0938. The van der Waals surface area contributed by atoms with Crippen LogP contribution in [0.4, 0.5) is 0 Å². The maximum atomic E-state index is 12.2. The second-order valence-corrected chi connectivity index (χ2v) is 5.59. The molecule has 0 spiro atoms. The molecule has 6 heteroatoms. The first-order chi connectivity index (χ1) is 9.33. The zero-order chi connectivity index (χ0) is 15.2. The van der Waals surface area contributed by atoms with Crippen molar-refractivity contribution in [2.75, 3.05) is 26.9 Å². The van der Waals surface area contributed by atoms with Gasteiger partial charge < -0.3 is 20.5 Å². The number of benzene rings is 1. The van der Waals surface area contributed by atoms with Gasteiger partial charge in [-0.2, -0.15) is 0 Å². The van der Waals surface area contributed by atoms with Crippen molar-refractivity contribution < 1.29 is 14.3 Å². The monoisotopic (exact) mass is 300 g/mol. The Morgan fingerprint density at radius 3 is 2.70 bits per heavy atom.